The highest BCUT2D eigenvalue weighted by atomic mass is 16.7. The molecule has 0 unspecified atom stereocenters. The Morgan fingerprint density at radius 2 is 1.69 bits per heavy atom. The van der Waals surface area contributed by atoms with E-state index < -0.39 is 22.9 Å². The van der Waals surface area contributed by atoms with Crippen molar-refractivity contribution in [3.63, 3.8) is 0 Å². The van der Waals surface area contributed by atoms with Crippen LogP contribution in [0.25, 0.3) is 0 Å². The minimum absolute atomic E-state index is 0.0969. The normalized spacial score (nSPS) is 23.6. The number of carbonyl (C=O) groups excluding carboxylic acids is 2. The van der Waals surface area contributed by atoms with Gasteiger partial charge in [0.25, 0.3) is 11.6 Å². The van der Waals surface area contributed by atoms with E-state index in [1.54, 1.807) is 5.06 Å². The average Bonchev–Trinajstić information content (AvgIpc) is 3.23. The number of carbonyl (C=O) groups is 2. The molecule has 8 heteroatoms. The van der Waals surface area contributed by atoms with Crippen LogP contribution in [0.3, 0.4) is 0 Å². The maximum atomic E-state index is 13.2. The van der Waals surface area contributed by atoms with E-state index in [4.69, 9.17) is 4.84 Å². The van der Waals surface area contributed by atoms with Crippen molar-refractivity contribution in [1.82, 2.24) is 0 Å². The number of para-hydroxylation sites is 1. The number of amides is 2. The standard InChI is InChI=1S/C21H21N3O5/c1-2-3-9-17-18-19(29-23(17)15-7-5-4-6-8-15)21(26)22(20(18)25)14-10-12-16(13-11-14)24(27)28/h4-8,10-13,17-19H,2-3,9H2,1H3/t17-,18-,19-/m0/s1. The lowest BCUT2D eigenvalue weighted by atomic mass is 9.92. The highest BCUT2D eigenvalue weighted by Crippen LogP contribution is 2.42. The zero-order valence-corrected chi connectivity index (χ0v) is 15.9. The lowest BCUT2D eigenvalue weighted by molar-refractivity contribution is -0.384. The summed E-state index contributed by atoms with van der Waals surface area (Å²) in [7, 11) is 0. The first-order valence-corrected chi connectivity index (χ1v) is 9.66. The molecule has 2 aliphatic rings. The first kappa shape index (κ1) is 19.1. The van der Waals surface area contributed by atoms with Gasteiger partial charge in [0.05, 0.1) is 28.3 Å². The number of unbranched alkanes of at least 4 members (excludes halogenated alkanes) is 1. The molecule has 29 heavy (non-hydrogen) atoms. The summed E-state index contributed by atoms with van der Waals surface area (Å²) in [5, 5.41) is 12.6. The third-order valence-corrected chi connectivity index (χ3v) is 5.42. The number of hydrogen-bond donors (Lipinski definition) is 0. The molecule has 0 spiro atoms. The number of nitro benzene ring substituents is 1. The van der Waals surface area contributed by atoms with Crippen molar-refractivity contribution >= 4 is 28.9 Å². The SMILES string of the molecule is CCCC[C@H]1[C@@H]2C(=O)N(c3ccc([N+](=O)[O-])cc3)C(=O)[C@H]2ON1c1ccccc1. The van der Waals surface area contributed by atoms with Crippen molar-refractivity contribution in [3.8, 4) is 0 Å². The molecule has 2 aliphatic heterocycles. The molecular weight excluding hydrogens is 374 g/mol. The smallest absolute Gasteiger partial charge is 0.269 e. The molecule has 2 saturated heterocycles. The fraction of sp³-hybridized carbons (Fsp3) is 0.333. The maximum absolute atomic E-state index is 13.2. The van der Waals surface area contributed by atoms with Crippen molar-refractivity contribution in [2.24, 2.45) is 5.92 Å². The van der Waals surface area contributed by atoms with Gasteiger partial charge in [-0.2, -0.15) is 0 Å². The zero-order valence-electron chi connectivity index (χ0n) is 15.9. The van der Waals surface area contributed by atoms with Gasteiger partial charge in [0.2, 0.25) is 5.91 Å². The number of anilines is 2. The Morgan fingerprint density at radius 1 is 1.00 bits per heavy atom. The van der Waals surface area contributed by atoms with E-state index in [0.29, 0.717) is 5.69 Å². The van der Waals surface area contributed by atoms with Gasteiger partial charge in [-0.05, 0) is 30.7 Å². The molecule has 0 saturated carbocycles. The lowest BCUT2D eigenvalue weighted by Gasteiger charge is -2.28. The van der Waals surface area contributed by atoms with E-state index in [9.17, 15) is 19.7 Å². The molecule has 8 nitrogen and oxygen atoms in total. The maximum Gasteiger partial charge on any atom is 0.269 e. The summed E-state index contributed by atoms with van der Waals surface area (Å²) in [6, 6.07) is 14.6. The second-order valence-electron chi connectivity index (χ2n) is 7.21. The molecule has 2 heterocycles. The lowest BCUT2D eigenvalue weighted by Crippen LogP contribution is -2.40. The van der Waals surface area contributed by atoms with Crippen LogP contribution in [-0.4, -0.2) is 28.9 Å². The van der Waals surface area contributed by atoms with E-state index in [2.05, 4.69) is 6.92 Å². The van der Waals surface area contributed by atoms with Crippen LogP contribution >= 0.6 is 0 Å². The van der Waals surface area contributed by atoms with Crippen molar-refractivity contribution in [2.75, 3.05) is 9.96 Å². The van der Waals surface area contributed by atoms with Crippen molar-refractivity contribution in [1.29, 1.82) is 0 Å². The average molecular weight is 395 g/mol. The molecule has 4 rings (SSSR count). The van der Waals surface area contributed by atoms with Gasteiger partial charge in [0.1, 0.15) is 0 Å². The number of imide groups is 1. The Hall–Kier alpha value is -3.26. The Kier molecular flexibility index (Phi) is 5.02. The number of nitro groups is 1. The van der Waals surface area contributed by atoms with Gasteiger partial charge in [-0.15, -0.1) is 0 Å². The van der Waals surface area contributed by atoms with Gasteiger partial charge < -0.3 is 0 Å². The van der Waals surface area contributed by atoms with Gasteiger partial charge in [-0.25, -0.2) is 9.96 Å². The predicted molar refractivity (Wildman–Crippen MR) is 106 cm³/mol. The largest absolute Gasteiger partial charge is 0.273 e. The third kappa shape index (κ3) is 3.25. The molecule has 0 aliphatic carbocycles. The van der Waals surface area contributed by atoms with E-state index in [1.807, 2.05) is 30.3 Å². The molecular formula is C21H21N3O5. The van der Waals surface area contributed by atoms with Gasteiger partial charge in [-0.1, -0.05) is 38.0 Å². The van der Waals surface area contributed by atoms with E-state index in [0.717, 1.165) is 29.8 Å². The molecule has 2 aromatic rings. The molecule has 150 valence electrons. The highest BCUT2D eigenvalue weighted by Gasteiger charge is 2.59. The molecule has 0 bridgehead atoms. The van der Waals surface area contributed by atoms with Crippen LogP contribution in [0.5, 0.6) is 0 Å². The van der Waals surface area contributed by atoms with Crippen molar-refractivity contribution in [3.05, 3.63) is 64.7 Å². The second kappa shape index (κ2) is 7.63. The Balaban J connectivity index is 1.64. The molecule has 0 N–H and O–H groups in total. The predicted octanol–water partition coefficient (Wildman–Crippen LogP) is 3.46. The number of nitrogens with zero attached hydrogens (tertiary/aromatic N) is 3. The summed E-state index contributed by atoms with van der Waals surface area (Å²) >= 11 is 0. The first-order chi connectivity index (χ1) is 14.0. The molecule has 0 radical (unpaired) electrons. The number of benzene rings is 2. The Morgan fingerprint density at radius 3 is 2.31 bits per heavy atom. The monoisotopic (exact) mass is 395 g/mol. The van der Waals surface area contributed by atoms with Gasteiger partial charge in [0.15, 0.2) is 6.10 Å². The minimum atomic E-state index is -0.889. The summed E-state index contributed by atoms with van der Waals surface area (Å²) in [6.45, 7) is 2.07. The van der Waals surface area contributed by atoms with Crippen LogP contribution in [0, 0.1) is 16.0 Å². The molecule has 2 amide bonds. The van der Waals surface area contributed by atoms with Gasteiger partial charge in [0, 0.05) is 12.1 Å². The summed E-state index contributed by atoms with van der Waals surface area (Å²) in [4.78, 5) is 43.7. The summed E-state index contributed by atoms with van der Waals surface area (Å²) in [5.41, 5.74) is 1.04. The van der Waals surface area contributed by atoms with Crippen molar-refractivity contribution < 1.29 is 19.3 Å². The van der Waals surface area contributed by atoms with Crippen molar-refractivity contribution in [2.45, 2.75) is 38.3 Å². The second-order valence-corrected chi connectivity index (χ2v) is 7.21. The Bertz CT molecular complexity index is 931. The van der Waals surface area contributed by atoms with Crippen LogP contribution < -0.4 is 9.96 Å². The topological polar surface area (TPSA) is 93.0 Å². The molecule has 0 aromatic heterocycles. The first-order valence-electron chi connectivity index (χ1n) is 9.66. The fourth-order valence-electron chi connectivity index (χ4n) is 4.01. The van der Waals surface area contributed by atoms with Crippen LogP contribution in [0.15, 0.2) is 54.6 Å². The number of hydrogen-bond acceptors (Lipinski definition) is 6. The number of hydroxylamine groups is 1. The van der Waals surface area contributed by atoms with Crippen LogP contribution in [-0.2, 0) is 14.4 Å². The number of fused-ring (bicyclic) bond motifs is 1. The number of rotatable bonds is 6. The summed E-state index contributed by atoms with van der Waals surface area (Å²) in [6.07, 6.45) is 1.70. The van der Waals surface area contributed by atoms with E-state index >= 15 is 0 Å². The molecule has 2 aromatic carbocycles. The minimum Gasteiger partial charge on any atom is -0.273 e. The van der Waals surface area contributed by atoms with Gasteiger partial charge in [-0.3, -0.25) is 24.5 Å². The van der Waals surface area contributed by atoms with E-state index in [-0.39, 0.29) is 17.6 Å². The highest BCUT2D eigenvalue weighted by molar-refractivity contribution is 6.23. The van der Waals surface area contributed by atoms with Crippen LogP contribution in [0.1, 0.15) is 26.2 Å². The number of non-ortho nitro benzene ring substituents is 1. The van der Waals surface area contributed by atoms with Gasteiger partial charge >= 0.3 is 0 Å². The summed E-state index contributed by atoms with van der Waals surface area (Å²) < 4.78 is 0. The van der Waals surface area contributed by atoms with Crippen LogP contribution in [0.4, 0.5) is 17.1 Å². The van der Waals surface area contributed by atoms with E-state index in [1.165, 1.54) is 24.3 Å². The fourth-order valence-corrected chi connectivity index (χ4v) is 4.01. The zero-order chi connectivity index (χ0) is 20.5. The summed E-state index contributed by atoms with van der Waals surface area (Å²) in [5.74, 6) is -1.37. The third-order valence-electron chi connectivity index (χ3n) is 5.42. The molecule has 2 fully saturated rings. The van der Waals surface area contributed by atoms with Crippen LogP contribution in [0.2, 0.25) is 0 Å². The molecule has 3 atom stereocenters. The Labute approximate surface area is 167 Å². The quantitative estimate of drug-likeness (QED) is 0.422.